The number of nitrogens with one attached hydrogen (secondary N) is 1. The number of thioether (sulfide) groups is 1. The van der Waals surface area contributed by atoms with Gasteiger partial charge in [0.2, 0.25) is 11.1 Å². The van der Waals surface area contributed by atoms with Gasteiger partial charge in [0.25, 0.3) is 0 Å². The summed E-state index contributed by atoms with van der Waals surface area (Å²) >= 11 is 1.29. The van der Waals surface area contributed by atoms with Crippen LogP contribution in [0.15, 0.2) is 23.4 Å². The summed E-state index contributed by atoms with van der Waals surface area (Å²) in [6.07, 6.45) is 6.20. The number of hydrogen-bond acceptors (Lipinski definition) is 7. The van der Waals surface area contributed by atoms with E-state index >= 15 is 0 Å². The van der Waals surface area contributed by atoms with Crippen molar-refractivity contribution in [3.8, 4) is 11.4 Å². The molecule has 0 radical (unpaired) electrons. The number of benzene rings is 1. The second-order valence-electron chi connectivity index (χ2n) is 7.57. The minimum absolute atomic E-state index is 0.167. The first-order valence-electron chi connectivity index (χ1n) is 10.1. The lowest BCUT2D eigenvalue weighted by atomic mass is 10.1. The number of aryl methyl sites for hydroxylation is 1. The van der Waals surface area contributed by atoms with Gasteiger partial charge in [0, 0.05) is 18.7 Å². The van der Waals surface area contributed by atoms with Crippen LogP contribution in [0.4, 0.5) is 10.1 Å². The number of aromatic nitrogens is 7. The normalized spacial score (nSPS) is 16.2. The molecule has 5 rings (SSSR count). The van der Waals surface area contributed by atoms with Crippen molar-refractivity contribution in [1.82, 2.24) is 35.0 Å². The summed E-state index contributed by atoms with van der Waals surface area (Å²) in [7, 11) is 0. The fraction of sp³-hybridized carbons (Fsp3) is 0.474. The van der Waals surface area contributed by atoms with Gasteiger partial charge in [-0.25, -0.2) is 9.07 Å². The fourth-order valence-corrected chi connectivity index (χ4v) is 4.36. The summed E-state index contributed by atoms with van der Waals surface area (Å²) in [5.41, 5.74) is 0.864. The van der Waals surface area contributed by atoms with Crippen LogP contribution < -0.4 is 5.32 Å². The van der Waals surface area contributed by atoms with Gasteiger partial charge in [-0.05, 0) is 54.3 Å². The lowest BCUT2D eigenvalue weighted by Crippen LogP contribution is -2.15. The zero-order valence-electron chi connectivity index (χ0n) is 16.3. The van der Waals surface area contributed by atoms with Crippen LogP contribution in [0, 0.1) is 5.82 Å². The van der Waals surface area contributed by atoms with E-state index in [1.807, 2.05) is 4.57 Å². The Balaban J connectivity index is 1.29. The smallest absolute Gasteiger partial charge is 0.234 e. The molecule has 0 bridgehead atoms. The molecule has 0 unspecified atom stereocenters. The van der Waals surface area contributed by atoms with E-state index in [1.54, 1.807) is 16.8 Å². The van der Waals surface area contributed by atoms with E-state index in [9.17, 15) is 9.18 Å². The molecule has 0 saturated heterocycles. The van der Waals surface area contributed by atoms with Gasteiger partial charge >= 0.3 is 0 Å². The van der Waals surface area contributed by atoms with Gasteiger partial charge in [-0.3, -0.25) is 4.79 Å². The van der Waals surface area contributed by atoms with Gasteiger partial charge in [0.05, 0.1) is 17.4 Å². The Morgan fingerprint density at radius 1 is 1.20 bits per heavy atom. The van der Waals surface area contributed by atoms with Crippen molar-refractivity contribution in [3.63, 3.8) is 0 Å². The highest BCUT2D eigenvalue weighted by atomic mass is 32.2. The van der Waals surface area contributed by atoms with E-state index in [2.05, 4.69) is 31.0 Å². The van der Waals surface area contributed by atoms with Crippen LogP contribution in [-0.4, -0.2) is 46.6 Å². The molecule has 9 nitrogen and oxygen atoms in total. The molecule has 1 aliphatic carbocycles. The Hall–Kier alpha value is -2.82. The molecule has 156 valence electrons. The van der Waals surface area contributed by atoms with Gasteiger partial charge in [0.1, 0.15) is 11.6 Å². The quantitative estimate of drug-likeness (QED) is 0.602. The Bertz CT molecular complexity index is 1080. The van der Waals surface area contributed by atoms with E-state index in [1.165, 1.54) is 17.8 Å². The molecule has 1 amide bonds. The summed E-state index contributed by atoms with van der Waals surface area (Å²) in [6, 6.07) is 4.87. The summed E-state index contributed by atoms with van der Waals surface area (Å²) in [5.74, 6) is 0.980. The number of amides is 1. The van der Waals surface area contributed by atoms with Crippen molar-refractivity contribution in [3.05, 3.63) is 29.8 Å². The van der Waals surface area contributed by atoms with Gasteiger partial charge in [-0.2, -0.15) is 0 Å². The first kappa shape index (κ1) is 19.2. The molecule has 3 aromatic rings. The molecule has 0 atom stereocenters. The van der Waals surface area contributed by atoms with Crippen LogP contribution in [0.3, 0.4) is 0 Å². The first-order chi connectivity index (χ1) is 14.7. The molecule has 2 aromatic heterocycles. The molecule has 1 saturated carbocycles. The van der Waals surface area contributed by atoms with Crippen molar-refractivity contribution < 1.29 is 9.18 Å². The Labute approximate surface area is 176 Å². The molecule has 11 heteroatoms. The number of anilines is 1. The largest absolute Gasteiger partial charge is 0.325 e. The highest BCUT2D eigenvalue weighted by Gasteiger charge is 2.28. The van der Waals surface area contributed by atoms with Crippen LogP contribution in [0.1, 0.15) is 44.0 Å². The summed E-state index contributed by atoms with van der Waals surface area (Å²) in [5, 5.41) is 23.6. The van der Waals surface area contributed by atoms with Crippen molar-refractivity contribution in [2.75, 3.05) is 11.1 Å². The van der Waals surface area contributed by atoms with Gasteiger partial charge in [-0.15, -0.1) is 15.3 Å². The molecule has 1 aromatic carbocycles. The molecular formula is C19H21FN8OS. The lowest BCUT2D eigenvalue weighted by molar-refractivity contribution is -0.113. The Kier molecular flexibility index (Phi) is 5.19. The maximum atomic E-state index is 14.6. The number of tetrazole rings is 1. The molecular weight excluding hydrogens is 407 g/mol. The molecule has 1 N–H and O–H groups in total. The third kappa shape index (κ3) is 3.93. The molecule has 2 aliphatic rings. The highest BCUT2D eigenvalue weighted by molar-refractivity contribution is 7.99. The summed E-state index contributed by atoms with van der Waals surface area (Å²) in [4.78, 5) is 12.4. The van der Waals surface area contributed by atoms with Gasteiger partial charge in [-0.1, -0.05) is 18.2 Å². The zero-order chi connectivity index (χ0) is 20.5. The van der Waals surface area contributed by atoms with E-state index in [4.69, 9.17) is 0 Å². The molecule has 1 fully saturated rings. The van der Waals surface area contributed by atoms with E-state index in [0.717, 1.165) is 50.9 Å². The SMILES string of the molecule is O=C(CSc1nnnn1C1CC1)Nc1ccc(F)c(-c2nnc3n2CCCCC3)c1. The third-order valence-electron chi connectivity index (χ3n) is 5.29. The maximum Gasteiger partial charge on any atom is 0.234 e. The predicted molar refractivity (Wildman–Crippen MR) is 108 cm³/mol. The third-order valence-corrected chi connectivity index (χ3v) is 6.22. The molecule has 30 heavy (non-hydrogen) atoms. The van der Waals surface area contributed by atoms with Crippen LogP contribution >= 0.6 is 11.8 Å². The second-order valence-corrected chi connectivity index (χ2v) is 8.51. The van der Waals surface area contributed by atoms with E-state index in [0.29, 0.717) is 28.3 Å². The number of carbonyl (C=O) groups is 1. The average molecular weight is 428 g/mol. The van der Waals surface area contributed by atoms with Crippen LogP contribution in [0.2, 0.25) is 0 Å². The number of hydrogen-bond donors (Lipinski definition) is 1. The summed E-state index contributed by atoms with van der Waals surface area (Å²) in [6.45, 7) is 0.778. The first-order valence-corrected chi connectivity index (χ1v) is 11.1. The number of rotatable bonds is 6. The van der Waals surface area contributed by atoms with Crippen molar-refractivity contribution >= 4 is 23.4 Å². The average Bonchev–Trinajstić information content (AvgIpc) is 3.42. The van der Waals surface area contributed by atoms with Gasteiger partial charge in [0.15, 0.2) is 5.82 Å². The number of fused-ring (bicyclic) bond motifs is 1. The van der Waals surface area contributed by atoms with Crippen LogP contribution in [0.25, 0.3) is 11.4 Å². The number of nitrogens with zero attached hydrogens (tertiary/aromatic N) is 7. The van der Waals surface area contributed by atoms with Crippen LogP contribution in [0.5, 0.6) is 0 Å². The number of halogens is 1. The Morgan fingerprint density at radius 3 is 2.97 bits per heavy atom. The lowest BCUT2D eigenvalue weighted by Gasteiger charge is -2.10. The monoisotopic (exact) mass is 428 g/mol. The maximum absolute atomic E-state index is 14.6. The van der Waals surface area contributed by atoms with Gasteiger partial charge < -0.3 is 9.88 Å². The van der Waals surface area contributed by atoms with Crippen molar-refractivity contribution in [2.45, 2.75) is 56.3 Å². The summed E-state index contributed by atoms with van der Waals surface area (Å²) < 4.78 is 18.3. The topological polar surface area (TPSA) is 103 Å². The molecule has 1 aliphatic heterocycles. The minimum Gasteiger partial charge on any atom is -0.325 e. The van der Waals surface area contributed by atoms with Crippen molar-refractivity contribution in [1.29, 1.82) is 0 Å². The van der Waals surface area contributed by atoms with Crippen LogP contribution in [-0.2, 0) is 17.8 Å². The van der Waals surface area contributed by atoms with E-state index in [-0.39, 0.29) is 17.5 Å². The van der Waals surface area contributed by atoms with Crippen molar-refractivity contribution in [2.24, 2.45) is 0 Å². The molecule has 3 heterocycles. The predicted octanol–water partition coefficient (Wildman–Crippen LogP) is 2.86. The second kappa shape index (κ2) is 8.13. The highest BCUT2D eigenvalue weighted by Crippen LogP contribution is 2.36. The minimum atomic E-state index is -0.384. The molecule has 0 spiro atoms. The standard InChI is InChI=1S/C19H21FN8OS/c20-15-8-5-12(10-14(15)18-23-22-16-4-2-1-3-9-27(16)18)21-17(29)11-30-19-24-25-26-28(19)13-6-7-13/h5,8,10,13H,1-4,6-7,9,11H2,(H,21,29). The zero-order valence-corrected chi connectivity index (χ0v) is 17.1. The fourth-order valence-electron chi connectivity index (χ4n) is 3.61. The van der Waals surface area contributed by atoms with E-state index < -0.39 is 0 Å². The number of carbonyl (C=O) groups excluding carboxylic acids is 1. The Morgan fingerprint density at radius 2 is 2.10 bits per heavy atom.